The number of fused-ring (bicyclic) bond motifs is 1. The molecule has 3 aromatic rings. The van der Waals surface area contributed by atoms with E-state index in [1.807, 2.05) is 0 Å². The van der Waals surface area contributed by atoms with Crippen molar-refractivity contribution in [2.75, 3.05) is 20.8 Å². The van der Waals surface area contributed by atoms with Crippen LogP contribution in [0.2, 0.25) is 0 Å². The number of aliphatic hydroxyl groups is 6. The summed E-state index contributed by atoms with van der Waals surface area (Å²) in [5.41, 5.74) is -0.00112. The highest BCUT2D eigenvalue weighted by atomic mass is 16.7. The molecule has 2 saturated heterocycles. The minimum Gasteiger partial charge on any atom is -0.504 e. The fraction of sp³-hybridized carbons (Fsp3) is 0.483. The Morgan fingerprint density at radius 2 is 1.48 bits per heavy atom. The van der Waals surface area contributed by atoms with E-state index in [-0.39, 0.29) is 28.0 Å². The molecule has 0 radical (unpaired) electrons. The number of ether oxygens (including phenoxy) is 6. The van der Waals surface area contributed by atoms with Crippen LogP contribution in [-0.2, 0) is 14.2 Å². The van der Waals surface area contributed by atoms with Crippen molar-refractivity contribution in [2.45, 2.75) is 68.3 Å². The molecule has 2 aromatic carbocycles. The molecule has 1 aromatic heterocycles. The van der Waals surface area contributed by atoms with Crippen molar-refractivity contribution < 1.29 is 68.6 Å². The van der Waals surface area contributed by atoms with Crippen LogP contribution in [0.4, 0.5) is 0 Å². The van der Waals surface area contributed by atoms with Gasteiger partial charge in [-0.25, -0.2) is 0 Å². The highest BCUT2D eigenvalue weighted by molar-refractivity contribution is 5.91. The monoisotopic (exact) mass is 622 g/mol. The molecule has 0 spiro atoms. The fourth-order valence-electron chi connectivity index (χ4n) is 5.10. The second kappa shape index (κ2) is 12.8. The molecule has 0 bridgehead atoms. The van der Waals surface area contributed by atoms with Gasteiger partial charge in [-0.05, 0) is 24.6 Å². The zero-order valence-corrected chi connectivity index (χ0v) is 23.8. The molecular weight excluding hydrogens is 588 g/mol. The normalized spacial score (nSPS) is 32.4. The largest absolute Gasteiger partial charge is 0.504 e. The highest BCUT2D eigenvalue weighted by Crippen LogP contribution is 2.43. The van der Waals surface area contributed by atoms with Gasteiger partial charge >= 0.3 is 0 Å². The summed E-state index contributed by atoms with van der Waals surface area (Å²) in [5.74, 6) is -0.576. The van der Waals surface area contributed by atoms with E-state index in [0.29, 0.717) is 11.3 Å². The minimum absolute atomic E-state index is 0.0929. The van der Waals surface area contributed by atoms with E-state index in [1.54, 1.807) is 24.3 Å². The highest BCUT2D eigenvalue weighted by Gasteiger charge is 2.47. The van der Waals surface area contributed by atoms with Gasteiger partial charge in [-0.3, -0.25) is 4.79 Å². The van der Waals surface area contributed by atoms with Crippen molar-refractivity contribution >= 4 is 11.0 Å². The number of hydrogen-bond acceptors (Lipinski definition) is 15. The maximum atomic E-state index is 13.4. The van der Waals surface area contributed by atoms with Gasteiger partial charge in [-0.1, -0.05) is 12.1 Å². The molecule has 15 heteroatoms. The predicted octanol–water partition coefficient (Wildman–Crippen LogP) is -0.787. The number of benzene rings is 2. The van der Waals surface area contributed by atoms with Crippen LogP contribution in [0, 0.1) is 0 Å². The average molecular weight is 623 g/mol. The van der Waals surface area contributed by atoms with Gasteiger partial charge in [-0.2, -0.15) is 0 Å². The summed E-state index contributed by atoms with van der Waals surface area (Å²) in [4.78, 5) is 13.4. The number of aliphatic hydroxyl groups excluding tert-OH is 6. The first kappa shape index (κ1) is 31.9. The number of hydrogen-bond donors (Lipinski definition) is 7. The van der Waals surface area contributed by atoms with E-state index >= 15 is 0 Å². The third-order valence-electron chi connectivity index (χ3n) is 7.71. The molecule has 44 heavy (non-hydrogen) atoms. The Kier molecular flexibility index (Phi) is 9.31. The lowest BCUT2D eigenvalue weighted by molar-refractivity contribution is -0.318. The lowest BCUT2D eigenvalue weighted by atomic mass is 9.98. The Morgan fingerprint density at radius 3 is 2.14 bits per heavy atom. The molecule has 2 aliphatic heterocycles. The van der Waals surface area contributed by atoms with Crippen LogP contribution in [-0.4, -0.2) is 118 Å². The van der Waals surface area contributed by atoms with E-state index in [0.717, 1.165) is 0 Å². The zero-order valence-electron chi connectivity index (χ0n) is 23.8. The molecular formula is C29H34O15. The van der Waals surface area contributed by atoms with Gasteiger partial charge in [0.25, 0.3) is 0 Å². The van der Waals surface area contributed by atoms with Crippen molar-refractivity contribution in [2.24, 2.45) is 0 Å². The summed E-state index contributed by atoms with van der Waals surface area (Å²) in [5, 5.41) is 72.6. The maximum absolute atomic E-state index is 13.4. The van der Waals surface area contributed by atoms with E-state index in [2.05, 4.69) is 0 Å². The van der Waals surface area contributed by atoms with Gasteiger partial charge in [0.2, 0.25) is 17.5 Å². The van der Waals surface area contributed by atoms with E-state index in [1.165, 1.54) is 33.5 Å². The van der Waals surface area contributed by atoms with Gasteiger partial charge in [0.05, 0.1) is 32.5 Å². The molecule has 10 atom stereocenters. The molecule has 0 aliphatic carbocycles. The van der Waals surface area contributed by atoms with Crippen molar-refractivity contribution in [3.05, 3.63) is 46.8 Å². The lowest BCUT2D eigenvalue weighted by Crippen LogP contribution is -2.61. The molecule has 0 amide bonds. The van der Waals surface area contributed by atoms with Gasteiger partial charge in [0.15, 0.2) is 17.8 Å². The van der Waals surface area contributed by atoms with Crippen molar-refractivity contribution in [1.82, 2.24) is 0 Å². The summed E-state index contributed by atoms with van der Waals surface area (Å²) in [6.07, 6.45) is -13.9. The van der Waals surface area contributed by atoms with Crippen LogP contribution < -0.4 is 19.6 Å². The minimum atomic E-state index is -1.80. The molecule has 0 saturated carbocycles. The summed E-state index contributed by atoms with van der Waals surface area (Å²) in [6.45, 7) is 0.950. The van der Waals surface area contributed by atoms with Gasteiger partial charge in [0, 0.05) is 6.07 Å². The second-order valence-corrected chi connectivity index (χ2v) is 10.5. The number of aromatic hydroxyl groups is 1. The molecule has 3 heterocycles. The quantitative estimate of drug-likeness (QED) is 0.163. The maximum Gasteiger partial charge on any atom is 0.229 e. The summed E-state index contributed by atoms with van der Waals surface area (Å²) in [6, 6.07) is 7.85. The number of rotatable bonds is 8. The molecule has 2 fully saturated rings. The molecule has 5 rings (SSSR count). The molecule has 0 unspecified atom stereocenters. The van der Waals surface area contributed by atoms with Gasteiger partial charge in [0.1, 0.15) is 65.7 Å². The summed E-state index contributed by atoms with van der Waals surface area (Å²) >= 11 is 0. The SMILES string of the molecule is COc1ccc(-c2coc3cc(O[C@H]4O[C@@H](CO[C@H]5O[C@@H](C)[C@H](O)[C@@H](O)[C@@H]5O)[C@H](O)[C@@H](O)[C@@H]4O)c(OC)c(O)c3c2=O)cc1. The van der Waals surface area contributed by atoms with Crippen LogP contribution in [0.15, 0.2) is 45.8 Å². The van der Waals surface area contributed by atoms with E-state index in [9.17, 15) is 40.5 Å². The molecule has 7 N–H and O–H groups in total. The van der Waals surface area contributed by atoms with Crippen molar-refractivity contribution in [3.63, 3.8) is 0 Å². The summed E-state index contributed by atoms with van der Waals surface area (Å²) < 4.78 is 38.4. The smallest absolute Gasteiger partial charge is 0.229 e. The molecule has 240 valence electrons. The van der Waals surface area contributed by atoms with Crippen molar-refractivity contribution in [3.8, 4) is 34.1 Å². The van der Waals surface area contributed by atoms with Crippen molar-refractivity contribution in [1.29, 1.82) is 0 Å². The first-order chi connectivity index (χ1) is 21.0. The van der Waals surface area contributed by atoms with Gasteiger partial charge in [-0.15, -0.1) is 0 Å². The third kappa shape index (κ3) is 5.81. The first-order valence-corrected chi connectivity index (χ1v) is 13.6. The van der Waals surface area contributed by atoms with Crippen LogP contribution in [0.5, 0.6) is 23.0 Å². The van der Waals surface area contributed by atoms with E-state index < -0.39 is 79.2 Å². The Hall–Kier alpha value is -3.51. The van der Waals surface area contributed by atoms with Crippen LogP contribution in [0.3, 0.4) is 0 Å². The zero-order chi connectivity index (χ0) is 31.9. The fourth-order valence-corrected chi connectivity index (χ4v) is 5.10. The standard InChI is InChI=1S/C29H34O15/c1-11-19(30)23(34)25(36)28(42-11)41-10-17-21(32)24(35)26(37)29(44-17)43-16-8-15-18(22(33)27(16)39-3)20(31)14(9-40-15)12-4-6-13(38-2)7-5-12/h4-9,11,17,19,21,23-26,28-30,32-37H,10H2,1-3H3/t11-,17-,19-,21-,23+,24+,25-,26-,28-,29-/m0/s1. The number of phenolic OH excluding ortho intramolecular Hbond substituents is 1. The van der Waals surface area contributed by atoms with Crippen LogP contribution >= 0.6 is 0 Å². The Labute approximate surface area is 249 Å². The average Bonchev–Trinajstić information content (AvgIpc) is 3.02. The molecule has 15 nitrogen and oxygen atoms in total. The topological polar surface area (TPSA) is 227 Å². The van der Waals surface area contributed by atoms with E-state index in [4.69, 9.17) is 32.8 Å². The number of phenols is 1. The summed E-state index contributed by atoms with van der Waals surface area (Å²) in [7, 11) is 2.71. The Bertz CT molecular complexity index is 1510. The Balaban J connectivity index is 1.39. The van der Waals surface area contributed by atoms with Gasteiger partial charge < -0.3 is 68.6 Å². The predicted molar refractivity (Wildman–Crippen MR) is 148 cm³/mol. The lowest BCUT2D eigenvalue weighted by Gasteiger charge is -2.42. The Morgan fingerprint density at radius 1 is 0.818 bits per heavy atom. The number of methoxy groups -OCH3 is 2. The van der Waals surface area contributed by atoms with Crippen LogP contribution in [0.1, 0.15) is 6.92 Å². The second-order valence-electron chi connectivity index (χ2n) is 10.5. The first-order valence-electron chi connectivity index (χ1n) is 13.6. The molecule has 2 aliphatic rings. The third-order valence-corrected chi connectivity index (χ3v) is 7.71. The van der Waals surface area contributed by atoms with Crippen LogP contribution in [0.25, 0.3) is 22.1 Å².